The van der Waals surface area contributed by atoms with Crippen molar-refractivity contribution in [1.82, 2.24) is 9.88 Å². The average molecular weight is 277 g/mol. The van der Waals surface area contributed by atoms with Crippen molar-refractivity contribution < 1.29 is 14.7 Å². The highest BCUT2D eigenvalue weighted by atomic mass is 32.2. The SMILES string of the molecule is CC1SCC(C(=O)O)N1C(=O)c1ccc(C#N)cn1. The Morgan fingerprint density at radius 2 is 2.32 bits per heavy atom. The predicted molar refractivity (Wildman–Crippen MR) is 68.5 cm³/mol. The second-order valence-electron chi connectivity index (χ2n) is 4.04. The molecular formula is C12H11N3O3S. The fraction of sp³-hybridized carbons (Fsp3) is 0.333. The molecule has 1 aromatic rings. The number of nitriles is 1. The summed E-state index contributed by atoms with van der Waals surface area (Å²) in [6.07, 6.45) is 1.30. The van der Waals surface area contributed by atoms with Crippen molar-refractivity contribution in [3.63, 3.8) is 0 Å². The van der Waals surface area contributed by atoms with Gasteiger partial charge in [0.1, 0.15) is 17.8 Å². The normalized spacial score (nSPS) is 22.0. The highest BCUT2D eigenvalue weighted by Gasteiger charge is 2.40. The molecule has 0 saturated carbocycles. The van der Waals surface area contributed by atoms with Crippen LogP contribution >= 0.6 is 11.8 Å². The number of carboxylic acid groups (broad SMARTS) is 1. The van der Waals surface area contributed by atoms with Crippen molar-refractivity contribution >= 4 is 23.6 Å². The maximum atomic E-state index is 12.3. The number of amides is 1. The molecule has 6 nitrogen and oxygen atoms in total. The third-order valence-electron chi connectivity index (χ3n) is 2.85. The Morgan fingerprint density at radius 3 is 2.84 bits per heavy atom. The topological polar surface area (TPSA) is 94.3 Å². The van der Waals surface area contributed by atoms with Gasteiger partial charge in [0.2, 0.25) is 0 Å². The van der Waals surface area contributed by atoms with Crippen molar-refractivity contribution in [2.45, 2.75) is 18.3 Å². The molecule has 0 aromatic carbocycles. The Labute approximate surface area is 114 Å². The van der Waals surface area contributed by atoms with Crippen LogP contribution in [0.5, 0.6) is 0 Å². The molecule has 1 fully saturated rings. The van der Waals surface area contributed by atoms with Gasteiger partial charge in [-0.15, -0.1) is 11.8 Å². The number of pyridine rings is 1. The summed E-state index contributed by atoms with van der Waals surface area (Å²) in [6.45, 7) is 1.79. The highest BCUT2D eigenvalue weighted by Crippen LogP contribution is 2.30. The Kier molecular flexibility index (Phi) is 3.71. The summed E-state index contributed by atoms with van der Waals surface area (Å²) in [5.74, 6) is -1.06. The van der Waals surface area contributed by atoms with Gasteiger partial charge in [-0.05, 0) is 19.1 Å². The van der Waals surface area contributed by atoms with Crippen LogP contribution in [0.25, 0.3) is 0 Å². The summed E-state index contributed by atoms with van der Waals surface area (Å²) in [5.41, 5.74) is 0.509. The molecule has 0 radical (unpaired) electrons. The molecular weight excluding hydrogens is 266 g/mol. The molecule has 0 bridgehead atoms. The molecule has 2 unspecified atom stereocenters. The van der Waals surface area contributed by atoms with Gasteiger partial charge in [0.15, 0.2) is 0 Å². The van der Waals surface area contributed by atoms with E-state index in [1.54, 1.807) is 6.92 Å². The molecule has 2 rings (SSSR count). The Bertz CT molecular complexity index is 552. The lowest BCUT2D eigenvalue weighted by molar-refractivity contribution is -0.141. The number of rotatable bonds is 2. The minimum Gasteiger partial charge on any atom is -0.480 e. The van der Waals surface area contributed by atoms with Gasteiger partial charge >= 0.3 is 5.97 Å². The van der Waals surface area contributed by atoms with Gasteiger partial charge in [0, 0.05) is 11.9 Å². The van der Waals surface area contributed by atoms with Crippen LogP contribution in [-0.2, 0) is 4.79 Å². The zero-order chi connectivity index (χ0) is 14.0. The minimum atomic E-state index is -1.01. The van der Waals surface area contributed by atoms with Gasteiger partial charge < -0.3 is 10.0 Å². The van der Waals surface area contributed by atoms with E-state index in [4.69, 9.17) is 10.4 Å². The number of nitrogens with zero attached hydrogens (tertiary/aromatic N) is 3. The van der Waals surface area contributed by atoms with Gasteiger partial charge in [-0.3, -0.25) is 4.79 Å². The summed E-state index contributed by atoms with van der Waals surface area (Å²) in [4.78, 5) is 28.6. The quantitative estimate of drug-likeness (QED) is 0.864. The van der Waals surface area contributed by atoms with E-state index in [2.05, 4.69) is 4.98 Å². The van der Waals surface area contributed by atoms with Crippen molar-refractivity contribution in [1.29, 1.82) is 5.26 Å². The van der Waals surface area contributed by atoms with E-state index in [-0.39, 0.29) is 11.1 Å². The van der Waals surface area contributed by atoms with Crippen LogP contribution in [0, 0.1) is 11.3 Å². The molecule has 1 aliphatic rings. The number of aromatic nitrogens is 1. The molecule has 0 spiro atoms. The lowest BCUT2D eigenvalue weighted by Gasteiger charge is -2.24. The standard InChI is InChI=1S/C12H11N3O3S/c1-7-15(10(6-19-7)12(17)18)11(16)9-3-2-8(4-13)5-14-9/h2-3,5,7,10H,6H2,1H3,(H,17,18). The van der Waals surface area contributed by atoms with E-state index < -0.39 is 17.9 Å². The fourth-order valence-corrected chi connectivity index (χ4v) is 3.03. The van der Waals surface area contributed by atoms with E-state index in [1.165, 1.54) is 35.0 Å². The molecule has 1 amide bonds. The Morgan fingerprint density at radius 1 is 1.58 bits per heavy atom. The lowest BCUT2D eigenvalue weighted by Crippen LogP contribution is -2.45. The molecule has 1 aliphatic heterocycles. The van der Waals surface area contributed by atoms with Crippen molar-refractivity contribution in [2.24, 2.45) is 0 Å². The number of hydrogen-bond acceptors (Lipinski definition) is 5. The van der Waals surface area contributed by atoms with E-state index in [9.17, 15) is 9.59 Å². The van der Waals surface area contributed by atoms with Crippen LogP contribution in [0.15, 0.2) is 18.3 Å². The first-order valence-electron chi connectivity index (χ1n) is 5.58. The number of carbonyl (C=O) groups excluding carboxylic acids is 1. The number of aliphatic carboxylic acids is 1. The van der Waals surface area contributed by atoms with Gasteiger partial charge in [-0.25, -0.2) is 9.78 Å². The minimum absolute atomic E-state index is 0.152. The predicted octanol–water partition coefficient (Wildman–Crippen LogP) is 0.941. The molecule has 98 valence electrons. The lowest BCUT2D eigenvalue weighted by atomic mass is 10.2. The first-order chi connectivity index (χ1) is 9.04. The Hall–Kier alpha value is -2.07. The van der Waals surface area contributed by atoms with Gasteiger partial charge in [0.05, 0.1) is 10.9 Å². The number of carboxylic acids is 1. The van der Waals surface area contributed by atoms with Crippen molar-refractivity contribution in [3.05, 3.63) is 29.6 Å². The molecule has 2 atom stereocenters. The third kappa shape index (κ3) is 2.53. The van der Waals surface area contributed by atoms with Crippen molar-refractivity contribution in [3.8, 4) is 6.07 Å². The summed E-state index contributed by atoms with van der Waals surface area (Å²) < 4.78 is 0. The van der Waals surface area contributed by atoms with Gasteiger partial charge in [-0.2, -0.15) is 5.26 Å². The van der Waals surface area contributed by atoms with Crippen molar-refractivity contribution in [2.75, 3.05) is 5.75 Å². The molecule has 7 heteroatoms. The number of carbonyl (C=O) groups is 2. The van der Waals surface area contributed by atoms with E-state index in [0.717, 1.165) is 0 Å². The summed E-state index contributed by atoms with van der Waals surface area (Å²) >= 11 is 1.42. The Balaban J connectivity index is 2.26. The van der Waals surface area contributed by atoms with Crippen LogP contribution < -0.4 is 0 Å². The molecule has 1 N–H and O–H groups in total. The maximum Gasteiger partial charge on any atom is 0.327 e. The summed E-state index contributed by atoms with van der Waals surface area (Å²) in [7, 11) is 0. The van der Waals surface area contributed by atoms with E-state index in [0.29, 0.717) is 11.3 Å². The summed E-state index contributed by atoms with van der Waals surface area (Å²) in [5, 5.41) is 17.6. The van der Waals surface area contributed by atoms with Crippen LogP contribution in [0.4, 0.5) is 0 Å². The van der Waals surface area contributed by atoms with Gasteiger partial charge in [0.25, 0.3) is 5.91 Å². The number of hydrogen-bond donors (Lipinski definition) is 1. The molecule has 0 aliphatic carbocycles. The average Bonchev–Trinajstić information content (AvgIpc) is 2.80. The molecule has 2 heterocycles. The monoisotopic (exact) mass is 277 g/mol. The second kappa shape index (κ2) is 5.28. The molecule has 19 heavy (non-hydrogen) atoms. The first-order valence-corrected chi connectivity index (χ1v) is 6.62. The van der Waals surface area contributed by atoms with E-state index >= 15 is 0 Å². The van der Waals surface area contributed by atoms with Crippen LogP contribution in [0.2, 0.25) is 0 Å². The van der Waals surface area contributed by atoms with Crippen LogP contribution in [0.1, 0.15) is 23.0 Å². The number of thioether (sulfide) groups is 1. The smallest absolute Gasteiger partial charge is 0.327 e. The largest absolute Gasteiger partial charge is 0.480 e. The van der Waals surface area contributed by atoms with Gasteiger partial charge in [-0.1, -0.05) is 0 Å². The van der Waals surface area contributed by atoms with Crippen LogP contribution in [0.3, 0.4) is 0 Å². The third-order valence-corrected chi connectivity index (χ3v) is 4.07. The second-order valence-corrected chi connectivity index (χ2v) is 5.39. The zero-order valence-corrected chi connectivity index (χ0v) is 10.9. The molecule has 1 saturated heterocycles. The molecule has 1 aromatic heterocycles. The summed E-state index contributed by atoms with van der Waals surface area (Å²) in [6, 6.07) is 4.01. The zero-order valence-electron chi connectivity index (χ0n) is 10.1. The maximum absolute atomic E-state index is 12.3. The highest BCUT2D eigenvalue weighted by molar-refractivity contribution is 8.00. The van der Waals surface area contributed by atoms with E-state index in [1.807, 2.05) is 6.07 Å². The van der Waals surface area contributed by atoms with Crippen LogP contribution in [-0.4, -0.2) is 44.0 Å². The first kappa shape index (κ1) is 13.4. The fourth-order valence-electron chi connectivity index (χ4n) is 1.86.